The van der Waals surface area contributed by atoms with E-state index in [4.69, 9.17) is 0 Å². The van der Waals surface area contributed by atoms with Gasteiger partial charge in [-0.1, -0.05) is 6.92 Å². The lowest BCUT2D eigenvalue weighted by molar-refractivity contribution is 0.734. The number of nitrogens with one attached hydrogen (secondary N) is 1. The fraction of sp³-hybridized carbons (Fsp3) is 0.300. The highest BCUT2D eigenvalue weighted by atomic mass is 32.1. The Morgan fingerprint density at radius 2 is 2.33 bits per heavy atom. The van der Waals surface area contributed by atoms with E-state index in [1.54, 1.807) is 11.3 Å². The van der Waals surface area contributed by atoms with Crippen molar-refractivity contribution < 1.29 is 0 Å². The van der Waals surface area contributed by atoms with Gasteiger partial charge in [-0.05, 0) is 29.0 Å². The van der Waals surface area contributed by atoms with Crippen LogP contribution in [0.25, 0.3) is 5.65 Å². The Balaban J connectivity index is 1.72. The number of thiazole rings is 1. The van der Waals surface area contributed by atoms with Gasteiger partial charge < -0.3 is 5.32 Å². The molecule has 18 heavy (non-hydrogen) atoms. The average molecular weight is 261 g/mol. The zero-order valence-corrected chi connectivity index (χ0v) is 10.6. The largest absolute Gasteiger partial charge is 0.362 e. The summed E-state index contributed by atoms with van der Waals surface area (Å²) >= 11 is 1.71. The predicted molar refractivity (Wildman–Crippen MR) is 67.4 cm³/mol. The van der Waals surface area contributed by atoms with Crippen LogP contribution in [-0.2, 0) is 13.0 Å². The van der Waals surface area contributed by atoms with Gasteiger partial charge in [-0.25, -0.2) is 4.98 Å². The quantitative estimate of drug-likeness (QED) is 0.758. The van der Waals surface area contributed by atoms with Crippen LogP contribution in [0.5, 0.6) is 0 Å². The molecule has 0 aliphatic heterocycles. The Morgan fingerprint density at radius 3 is 3.17 bits per heavy atom. The second-order valence-corrected chi connectivity index (χ2v) is 4.87. The van der Waals surface area contributed by atoms with E-state index in [0.717, 1.165) is 17.2 Å². The maximum atomic E-state index is 4.34. The first-order chi connectivity index (χ1) is 8.85. The van der Waals surface area contributed by atoms with Crippen LogP contribution in [0.2, 0.25) is 0 Å². The molecular weight excluding hydrogens is 250 g/mol. The SMILES string of the molecule is CCc1cnc(CNc2ccc3nnnn3n2)s1. The number of aromatic nitrogens is 6. The summed E-state index contributed by atoms with van der Waals surface area (Å²) in [6, 6.07) is 3.66. The summed E-state index contributed by atoms with van der Waals surface area (Å²) in [5.74, 6) is 0.725. The minimum Gasteiger partial charge on any atom is -0.362 e. The lowest BCUT2D eigenvalue weighted by Crippen LogP contribution is -2.04. The molecule has 0 aliphatic rings. The summed E-state index contributed by atoms with van der Waals surface area (Å²) < 4.78 is 1.39. The zero-order chi connectivity index (χ0) is 12.4. The molecule has 0 saturated heterocycles. The van der Waals surface area contributed by atoms with Crippen LogP contribution in [0.15, 0.2) is 18.3 Å². The molecule has 0 saturated carbocycles. The molecular formula is C10H11N7S. The molecule has 3 aromatic rings. The number of hydrogen-bond acceptors (Lipinski definition) is 7. The van der Waals surface area contributed by atoms with Gasteiger partial charge in [0.2, 0.25) is 0 Å². The Kier molecular flexibility index (Phi) is 2.85. The lowest BCUT2D eigenvalue weighted by Gasteiger charge is -2.01. The maximum absolute atomic E-state index is 4.34. The summed E-state index contributed by atoms with van der Waals surface area (Å²) in [4.78, 5) is 5.62. The van der Waals surface area contributed by atoms with Crippen molar-refractivity contribution in [3.8, 4) is 0 Å². The summed E-state index contributed by atoms with van der Waals surface area (Å²) in [6.07, 6.45) is 2.94. The minimum atomic E-state index is 0.628. The van der Waals surface area contributed by atoms with E-state index in [9.17, 15) is 0 Å². The second kappa shape index (κ2) is 4.65. The summed E-state index contributed by atoms with van der Waals surface area (Å²) in [5.41, 5.74) is 0.628. The lowest BCUT2D eigenvalue weighted by atomic mass is 10.4. The molecule has 0 aromatic carbocycles. The van der Waals surface area contributed by atoms with Gasteiger partial charge in [0.1, 0.15) is 10.8 Å². The molecule has 0 spiro atoms. The molecule has 0 radical (unpaired) electrons. The maximum Gasteiger partial charge on any atom is 0.200 e. The van der Waals surface area contributed by atoms with E-state index in [0.29, 0.717) is 12.2 Å². The van der Waals surface area contributed by atoms with E-state index in [1.807, 2.05) is 18.3 Å². The van der Waals surface area contributed by atoms with Gasteiger partial charge in [-0.2, -0.15) is 0 Å². The average Bonchev–Trinajstić information content (AvgIpc) is 3.04. The zero-order valence-electron chi connectivity index (χ0n) is 9.74. The highest BCUT2D eigenvalue weighted by Gasteiger charge is 2.03. The highest BCUT2D eigenvalue weighted by Crippen LogP contribution is 2.14. The van der Waals surface area contributed by atoms with Crippen molar-refractivity contribution in [2.24, 2.45) is 0 Å². The van der Waals surface area contributed by atoms with Crippen molar-refractivity contribution in [3.63, 3.8) is 0 Å². The van der Waals surface area contributed by atoms with Crippen LogP contribution in [0.3, 0.4) is 0 Å². The molecule has 0 atom stereocenters. The van der Waals surface area contributed by atoms with Crippen molar-refractivity contribution >= 4 is 22.8 Å². The Hall–Kier alpha value is -2.09. The monoisotopic (exact) mass is 261 g/mol. The Labute approximate surface area is 107 Å². The van der Waals surface area contributed by atoms with Crippen LogP contribution in [0.1, 0.15) is 16.8 Å². The van der Waals surface area contributed by atoms with Gasteiger partial charge in [0.25, 0.3) is 0 Å². The molecule has 3 aromatic heterocycles. The molecule has 8 heteroatoms. The first-order valence-electron chi connectivity index (χ1n) is 5.58. The van der Waals surface area contributed by atoms with Crippen molar-refractivity contribution in [1.29, 1.82) is 0 Å². The molecule has 0 amide bonds. The Bertz CT molecular complexity index is 659. The van der Waals surface area contributed by atoms with Gasteiger partial charge in [0.05, 0.1) is 6.54 Å². The van der Waals surface area contributed by atoms with Gasteiger partial charge in [0, 0.05) is 11.1 Å². The molecule has 0 fully saturated rings. The number of aryl methyl sites for hydroxylation is 1. The minimum absolute atomic E-state index is 0.628. The summed E-state index contributed by atoms with van der Waals surface area (Å²) in [7, 11) is 0. The summed E-state index contributed by atoms with van der Waals surface area (Å²) in [5, 5.41) is 19.5. The van der Waals surface area contributed by atoms with E-state index in [-0.39, 0.29) is 0 Å². The van der Waals surface area contributed by atoms with E-state index < -0.39 is 0 Å². The third-order valence-electron chi connectivity index (χ3n) is 2.44. The molecule has 92 valence electrons. The molecule has 0 unspecified atom stereocenters. The number of nitrogens with zero attached hydrogens (tertiary/aromatic N) is 6. The number of anilines is 1. The molecule has 0 aliphatic carbocycles. The smallest absolute Gasteiger partial charge is 0.200 e. The fourth-order valence-corrected chi connectivity index (χ4v) is 2.31. The van der Waals surface area contributed by atoms with Crippen LogP contribution >= 0.6 is 11.3 Å². The highest BCUT2D eigenvalue weighted by molar-refractivity contribution is 7.11. The molecule has 1 N–H and O–H groups in total. The van der Waals surface area contributed by atoms with Crippen LogP contribution in [0.4, 0.5) is 5.82 Å². The third kappa shape index (κ3) is 2.14. The molecule has 3 heterocycles. The first kappa shape index (κ1) is 11.0. The van der Waals surface area contributed by atoms with Gasteiger partial charge in [-0.15, -0.1) is 26.2 Å². The van der Waals surface area contributed by atoms with E-state index in [1.165, 1.54) is 9.51 Å². The standard InChI is InChI=1S/C10H11N7S/c1-2-7-5-12-10(18-7)6-11-8-3-4-9-13-15-16-17(9)14-8/h3-5H,2,6H2,1H3,(H,11,14). The third-order valence-corrected chi connectivity index (χ3v) is 3.58. The van der Waals surface area contributed by atoms with Gasteiger partial charge in [-0.3, -0.25) is 0 Å². The van der Waals surface area contributed by atoms with Crippen LogP contribution in [-0.4, -0.2) is 30.2 Å². The van der Waals surface area contributed by atoms with Crippen molar-refractivity contribution in [1.82, 2.24) is 30.2 Å². The van der Waals surface area contributed by atoms with Crippen LogP contribution < -0.4 is 5.32 Å². The van der Waals surface area contributed by atoms with Gasteiger partial charge >= 0.3 is 0 Å². The van der Waals surface area contributed by atoms with Gasteiger partial charge in [0.15, 0.2) is 5.65 Å². The van der Waals surface area contributed by atoms with Crippen LogP contribution in [0, 0.1) is 0 Å². The Morgan fingerprint density at radius 1 is 1.39 bits per heavy atom. The second-order valence-electron chi connectivity index (χ2n) is 3.67. The number of hydrogen-bond donors (Lipinski definition) is 1. The van der Waals surface area contributed by atoms with Crippen molar-refractivity contribution in [2.45, 2.75) is 19.9 Å². The number of rotatable bonds is 4. The van der Waals surface area contributed by atoms with Crippen molar-refractivity contribution in [3.05, 3.63) is 28.2 Å². The normalized spacial score (nSPS) is 10.9. The molecule has 3 rings (SSSR count). The number of tetrazole rings is 1. The predicted octanol–water partition coefficient (Wildman–Crippen LogP) is 1.15. The fourth-order valence-electron chi connectivity index (χ4n) is 1.50. The molecule has 7 nitrogen and oxygen atoms in total. The summed E-state index contributed by atoms with van der Waals surface area (Å²) in [6.45, 7) is 2.78. The van der Waals surface area contributed by atoms with E-state index in [2.05, 4.69) is 37.8 Å². The topological polar surface area (TPSA) is 80.9 Å². The first-order valence-corrected chi connectivity index (χ1v) is 6.39. The van der Waals surface area contributed by atoms with E-state index >= 15 is 0 Å². The molecule has 0 bridgehead atoms. The number of fused-ring (bicyclic) bond motifs is 1. The van der Waals surface area contributed by atoms with Crippen molar-refractivity contribution in [2.75, 3.05) is 5.32 Å².